The van der Waals surface area contributed by atoms with Gasteiger partial charge in [0.1, 0.15) is 5.60 Å². The molecule has 1 aromatic rings. The number of carbonyl (C=O) groups is 1. The topological polar surface area (TPSA) is 29.5 Å². The molecule has 0 aliphatic carbocycles. The van der Waals surface area contributed by atoms with Crippen molar-refractivity contribution in [2.75, 3.05) is 0 Å². The molecular formula is C14H21NO2. The number of carbonyl (C=O) groups excluding carboxylic acids is 1. The minimum absolute atomic E-state index is 0. The molecule has 0 radical (unpaired) electrons. The van der Waals surface area contributed by atoms with Gasteiger partial charge in [-0.15, -0.1) is 0 Å². The van der Waals surface area contributed by atoms with Crippen molar-refractivity contribution in [3.63, 3.8) is 0 Å². The molecule has 0 N–H and O–H groups in total. The minimum Gasteiger partial charge on any atom is -0.444 e. The lowest BCUT2D eigenvalue weighted by Gasteiger charge is -2.24. The third-order valence-electron chi connectivity index (χ3n) is 2.49. The molecule has 1 heterocycles. The fourth-order valence-electron chi connectivity index (χ4n) is 1.79. The van der Waals surface area contributed by atoms with Crippen LogP contribution in [0.25, 0.3) is 0 Å². The fraction of sp³-hybridized carbons (Fsp3) is 0.500. The summed E-state index contributed by atoms with van der Waals surface area (Å²) in [6, 6.07) is 8.11. The second-order valence-electron chi connectivity index (χ2n) is 5.11. The predicted molar refractivity (Wildman–Crippen MR) is 68.7 cm³/mol. The van der Waals surface area contributed by atoms with Crippen molar-refractivity contribution in [3.8, 4) is 0 Å². The van der Waals surface area contributed by atoms with Gasteiger partial charge in [-0.25, -0.2) is 4.79 Å². The van der Waals surface area contributed by atoms with Crippen LogP contribution in [0.1, 0.15) is 39.3 Å². The molecule has 0 spiro atoms. The first-order valence-corrected chi connectivity index (χ1v) is 5.50. The molecule has 94 valence electrons. The number of rotatable bonds is 0. The van der Waals surface area contributed by atoms with Gasteiger partial charge in [0.25, 0.3) is 0 Å². The molecule has 1 amide bonds. The Balaban J connectivity index is 0.00000144. The average molecular weight is 235 g/mol. The monoisotopic (exact) mass is 235 g/mol. The van der Waals surface area contributed by atoms with Crippen molar-refractivity contribution in [3.05, 3.63) is 35.4 Å². The second-order valence-corrected chi connectivity index (χ2v) is 5.11. The smallest absolute Gasteiger partial charge is 0.410 e. The van der Waals surface area contributed by atoms with Gasteiger partial charge in [0, 0.05) is 13.1 Å². The number of nitrogens with zero attached hydrogens (tertiary/aromatic N) is 1. The van der Waals surface area contributed by atoms with Crippen LogP contribution in [0.5, 0.6) is 0 Å². The molecule has 1 aliphatic heterocycles. The number of hydrogen-bond acceptors (Lipinski definition) is 2. The molecule has 3 heteroatoms. The van der Waals surface area contributed by atoms with E-state index >= 15 is 0 Å². The van der Waals surface area contributed by atoms with E-state index < -0.39 is 5.60 Å². The Morgan fingerprint density at radius 3 is 2.06 bits per heavy atom. The number of ether oxygens (including phenoxy) is 1. The lowest BCUT2D eigenvalue weighted by molar-refractivity contribution is 0.0242. The van der Waals surface area contributed by atoms with E-state index in [1.54, 1.807) is 4.90 Å². The minimum atomic E-state index is -0.425. The summed E-state index contributed by atoms with van der Waals surface area (Å²) < 4.78 is 5.34. The van der Waals surface area contributed by atoms with Crippen molar-refractivity contribution in [1.82, 2.24) is 4.90 Å². The molecule has 1 aromatic carbocycles. The average Bonchev–Trinajstić information content (AvgIpc) is 2.58. The van der Waals surface area contributed by atoms with E-state index in [9.17, 15) is 4.79 Å². The van der Waals surface area contributed by atoms with E-state index in [0.29, 0.717) is 13.1 Å². The molecule has 3 nitrogen and oxygen atoms in total. The van der Waals surface area contributed by atoms with Gasteiger partial charge in [0.15, 0.2) is 0 Å². The zero-order valence-electron chi connectivity index (χ0n) is 9.99. The Hall–Kier alpha value is -1.51. The molecule has 0 saturated carbocycles. The van der Waals surface area contributed by atoms with E-state index in [2.05, 4.69) is 12.1 Å². The Morgan fingerprint density at radius 1 is 1.18 bits per heavy atom. The highest BCUT2D eigenvalue weighted by Gasteiger charge is 2.27. The summed E-state index contributed by atoms with van der Waals surface area (Å²) in [5.74, 6) is 0. The lowest BCUT2D eigenvalue weighted by atomic mass is 10.1. The fourth-order valence-corrected chi connectivity index (χ4v) is 1.79. The molecule has 0 bridgehead atoms. The molecule has 1 aliphatic rings. The summed E-state index contributed by atoms with van der Waals surface area (Å²) in [7, 11) is 0. The molecule has 0 unspecified atom stereocenters. The van der Waals surface area contributed by atoms with Crippen LogP contribution < -0.4 is 0 Å². The van der Waals surface area contributed by atoms with Gasteiger partial charge in [0.05, 0.1) is 0 Å². The highest BCUT2D eigenvalue weighted by atomic mass is 16.6. The van der Waals surface area contributed by atoms with Crippen molar-refractivity contribution >= 4 is 6.09 Å². The normalized spacial score (nSPS) is 13.9. The summed E-state index contributed by atoms with van der Waals surface area (Å²) in [4.78, 5) is 13.6. The first kappa shape index (κ1) is 13.6. The molecular weight excluding hydrogens is 214 g/mol. The maximum absolute atomic E-state index is 11.8. The Bertz CT molecular complexity index is 382. The summed E-state index contributed by atoms with van der Waals surface area (Å²) in [5, 5.41) is 0. The zero-order valence-corrected chi connectivity index (χ0v) is 9.99. The summed E-state index contributed by atoms with van der Waals surface area (Å²) in [6.45, 7) is 6.96. The third-order valence-corrected chi connectivity index (χ3v) is 2.49. The van der Waals surface area contributed by atoms with Crippen molar-refractivity contribution < 1.29 is 9.53 Å². The lowest BCUT2D eigenvalue weighted by Crippen LogP contribution is -2.33. The molecule has 0 atom stereocenters. The quantitative estimate of drug-likeness (QED) is 0.688. The largest absolute Gasteiger partial charge is 0.444 e. The van der Waals surface area contributed by atoms with Crippen LogP contribution in [0.2, 0.25) is 0 Å². The molecule has 0 aromatic heterocycles. The van der Waals surface area contributed by atoms with Gasteiger partial charge in [0.2, 0.25) is 0 Å². The first-order chi connectivity index (χ1) is 7.46. The Morgan fingerprint density at radius 2 is 1.65 bits per heavy atom. The zero-order chi connectivity index (χ0) is 11.8. The van der Waals surface area contributed by atoms with Gasteiger partial charge in [-0.05, 0) is 31.9 Å². The van der Waals surface area contributed by atoms with Crippen molar-refractivity contribution in [2.24, 2.45) is 0 Å². The van der Waals surface area contributed by atoms with Crippen LogP contribution in [0.15, 0.2) is 24.3 Å². The van der Waals surface area contributed by atoms with Gasteiger partial charge >= 0.3 is 6.09 Å². The van der Waals surface area contributed by atoms with Crippen molar-refractivity contribution in [1.29, 1.82) is 0 Å². The van der Waals surface area contributed by atoms with Crippen molar-refractivity contribution in [2.45, 2.75) is 46.9 Å². The SMILES string of the molecule is C.CC(C)(C)OC(=O)N1Cc2ccccc2C1. The molecule has 0 saturated heterocycles. The van der Waals surface area contributed by atoms with Crippen LogP contribution in [-0.2, 0) is 17.8 Å². The van der Waals surface area contributed by atoms with Crippen LogP contribution >= 0.6 is 0 Å². The summed E-state index contributed by atoms with van der Waals surface area (Å²) in [6.07, 6.45) is -0.233. The van der Waals surface area contributed by atoms with E-state index in [-0.39, 0.29) is 13.5 Å². The first-order valence-electron chi connectivity index (χ1n) is 5.50. The highest BCUT2D eigenvalue weighted by molar-refractivity contribution is 5.69. The second kappa shape index (κ2) is 4.78. The molecule has 17 heavy (non-hydrogen) atoms. The summed E-state index contributed by atoms with van der Waals surface area (Å²) >= 11 is 0. The molecule has 2 rings (SSSR count). The van der Waals surface area contributed by atoms with E-state index in [4.69, 9.17) is 4.74 Å². The number of amides is 1. The standard InChI is InChI=1S/C13H17NO2.CH4/c1-13(2,3)16-12(15)14-8-10-6-4-5-7-11(10)9-14;/h4-7H,8-9H2,1-3H3;1H4. The van der Waals surface area contributed by atoms with E-state index in [1.165, 1.54) is 11.1 Å². The highest BCUT2D eigenvalue weighted by Crippen LogP contribution is 2.23. The third kappa shape index (κ3) is 3.22. The van der Waals surface area contributed by atoms with Gasteiger partial charge in [-0.2, -0.15) is 0 Å². The van der Waals surface area contributed by atoms with Gasteiger partial charge < -0.3 is 4.74 Å². The van der Waals surface area contributed by atoms with E-state index in [0.717, 1.165) is 0 Å². The van der Waals surface area contributed by atoms with E-state index in [1.807, 2.05) is 32.9 Å². The Kier molecular flexibility index (Phi) is 3.81. The predicted octanol–water partition coefficient (Wildman–Crippen LogP) is 3.57. The van der Waals surface area contributed by atoms with Crippen LogP contribution in [-0.4, -0.2) is 16.6 Å². The molecule has 0 fully saturated rings. The summed E-state index contributed by atoms with van der Waals surface area (Å²) in [5.41, 5.74) is 2.01. The van der Waals surface area contributed by atoms with Crippen LogP contribution in [0, 0.1) is 0 Å². The van der Waals surface area contributed by atoms with Gasteiger partial charge in [-0.1, -0.05) is 31.7 Å². The maximum Gasteiger partial charge on any atom is 0.410 e. The Labute approximate surface area is 103 Å². The van der Waals surface area contributed by atoms with Crippen LogP contribution in [0.3, 0.4) is 0 Å². The van der Waals surface area contributed by atoms with Gasteiger partial charge in [-0.3, -0.25) is 4.90 Å². The number of fused-ring (bicyclic) bond motifs is 1. The maximum atomic E-state index is 11.8. The van der Waals surface area contributed by atoms with Crippen LogP contribution in [0.4, 0.5) is 4.79 Å². The number of benzene rings is 1. The number of hydrogen-bond donors (Lipinski definition) is 0.